The minimum atomic E-state index is -1.16. The van der Waals surface area contributed by atoms with E-state index in [1.54, 1.807) is 18.2 Å². The normalized spacial score (nSPS) is 13.9. The van der Waals surface area contributed by atoms with Gasteiger partial charge in [0.2, 0.25) is 0 Å². The summed E-state index contributed by atoms with van der Waals surface area (Å²) in [4.78, 5) is 0. The molecule has 0 aliphatic heterocycles. The molecule has 1 aromatic rings. The van der Waals surface area contributed by atoms with Crippen LogP contribution in [-0.2, 0) is 0 Å². The van der Waals surface area contributed by atoms with Gasteiger partial charge in [0.05, 0.1) is 5.60 Å². The molecule has 0 radical (unpaired) electrons. The van der Waals surface area contributed by atoms with Gasteiger partial charge in [0.15, 0.2) is 0 Å². The maximum atomic E-state index is 10.2. The largest absolute Gasteiger partial charge is 0.387 e. The molecule has 0 aliphatic rings. The lowest BCUT2D eigenvalue weighted by Crippen LogP contribution is -2.35. The molecule has 1 atom stereocenters. The van der Waals surface area contributed by atoms with Crippen molar-refractivity contribution >= 4 is 23.2 Å². The Morgan fingerprint density at radius 1 is 1.25 bits per heavy atom. The Kier molecular flexibility index (Phi) is 4.62. The standard InChI is InChI=1S/C12H16Cl2O2/c1-3-12(16,4-2)11(15)9-7-8(13)5-6-10(9)14/h5-7,11,15-16H,3-4H2,1-2H3. The maximum absolute atomic E-state index is 10.2. The highest BCUT2D eigenvalue weighted by Gasteiger charge is 2.34. The van der Waals surface area contributed by atoms with Crippen LogP contribution in [0.1, 0.15) is 38.4 Å². The van der Waals surface area contributed by atoms with Crippen LogP contribution >= 0.6 is 23.2 Å². The van der Waals surface area contributed by atoms with Gasteiger partial charge in [-0.15, -0.1) is 0 Å². The summed E-state index contributed by atoms with van der Waals surface area (Å²) in [6.07, 6.45) is -0.116. The van der Waals surface area contributed by atoms with Gasteiger partial charge in [-0.3, -0.25) is 0 Å². The van der Waals surface area contributed by atoms with Crippen LogP contribution < -0.4 is 0 Å². The van der Waals surface area contributed by atoms with E-state index in [4.69, 9.17) is 23.2 Å². The molecule has 2 nitrogen and oxygen atoms in total. The molecule has 1 unspecified atom stereocenters. The SMILES string of the molecule is CCC(O)(CC)C(O)c1cc(Cl)ccc1Cl. The van der Waals surface area contributed by atoms with Crippen molar-refractivity contribution in [3.05, 3.63) is 33.8 Å². The third kappa shape index (κ3) is 2.69. The Hall–Kier alpha value is -0.280. The van der Waals surface area contributed by atoms with Crippen molar-refractivity contribution in [2.45, 2.75) is 38.4 Å². The van der Waals surface area contributed by atoms with Crippen molar-refractivity contribution in [1.29, 1.82) is 0 Å². The molecular weight excluding hydrogens is 247 g/mol. The monoisotopic (exact) mass is 262 g/mol. The minimum Gasteiger partial charge on any atom is -0.387 e. The molecule has 0 spiro atoms. The van der Waals surface area contributed by atoms with Crippen LogP contribution in [0.25, 0.3) is 0 Å². The third-order valence-electron chi connectivity index (χ3n) is 2.99. The maximum Gasteiger partial charge on any atom is 0.109 e. The molecule has 4 heteroatoms. The zero-order chi connectivity index (χ0) is 12.3. The molecule has 0 saturated heterocycles. The fraction of sp³-hybridized carbons (Fsp3) is 0.500. The number of hydrogen-bond donors (Lipinski definition) is 2. The topological polar surface area (TPSA) is 40.5 Å². The lowest BCUT2D eigenvalue weighted by atomic mass is 9.86. The van der Waals surface area contributed by atoms with E-state index in [-0.39, 0.29) is 0 Å². The Morgan fingerprint density at radius 3 is 2.31 bits per heavy atom. The lowest BCUT2D eigenvalue weighted by Gasteiger charge is -2.31. The highest BCUT2D eigenvalue weighted by molar-refractivity contribution is 6.33. The van der Waals surface area contributed by atoms with E-state index < -0.39 is 11.7 Å². The van der Waals surface area contributed by atoms with E-state index in [1.165, 1.54) is 0 Å². The highest BCUT2D eigenvalue weighted by Crippen LogP contribution is 2.36. The zero-order valence-corrected chi connectivity index (χ0v) is 10.9. The van der Waals surface area contributed by atoms with Gasteiger partial charge in [0, 0.05) is 15.6 Å². The van der Waals surface area contributed by atoms with E-state index in [2.05, 4.69) is 0 Å². The zero-order valence-electron chi connectivity index (χ0n) is 9.37. The van der Waals surface area contributed by atoms with Crippen molar-refractivity contribution < 1.29 is 10.2 Å². The van der Waals surface area contributed by atoms with E-state index >= 15 is 0 Å². The first-order valence-corrected chi connectivity index (χ1v) is 6.05. The lowest BCUT2D eigenvalue weighted by molar-refractivity contribution is -0.0820. The van der Waals surface area contributed by atoms with Gasteiger partial charge in [-0.2, -0.15) is 0 Å². The second-order valence-corrected chi connectivity index (χ2v) is 4.72. The van der Waals surface area contributed by atoms with Crippen molar-refractivity contribution in [2.75, 3.05) is 0 Å². The van der Waals surface area contributed by atoms with Crippen molar-refractivity contribution in [3.63, 3.8) is 0 Å². The molecule has 0 saturated carbocycles. The first-order chi connectivity index (χ1) is 7.44. The van der Waals surface area contributed by atoms with Crippen LogP contribution in [0.15, 0.2) is 18.2 Å². The summed E-state index contributed by atoms with van der Waals surface area (Å²) in [5.41, 5.74) is -0.686. The third-order valence-corrected chi connectivity index (χ3v) is 3.57. The summed E-state index contributed by atoms with van der Waals surface area (Å²) in [6, 6.07) is 4.86. The molecule has 0 heterocycles. The van der Waals surface area contributed by atoms with Gasteiger partial charge in [-0.25, -0.2) is 0 Å². The van der Waals surface area contributed by atoms with Gasteiger partial charge in [0.25, 0.3) is 0 Å². The van der Waals surface area contributed by atoms with Crippen LogP contribution in [0.3, 0.4) is 0 Å². The Bertz CT molecular complexity index is 362. The molecule has 1 aromatic carbocycles. The first kappa shape index (κ1) is 13.8. The number of rotatable bonds is 4. The molecule has 1 rings (SSSR count). The summed E-state index contributed by atoms with van der Waals surface area (Å²) < 4.78 is 0. The summed E-state index contributed by atoms with van der Waals surface area (Å²) in [7, 11) is 0. The molecule has 0 amide bonds. The van der Waals surface area contributed by atoms with E-state index in [9.17, 15) is 10.2 Å². The quantitative estimate of drug-likeness (QED) is 0.871. The summed E-state index contributed by atoms with van der Waals surface area (Å²) in [5.74, 6) is 0. The number of halogens is 2. The minimum absolute atomic E-state index is 0.414. The molecule has 0 aliphatic carbocycles. The van der Waals surface area contributed by atoms with Crippen molar-refractivity contribution in [2.24, 2.45) is 0 Å². The first-order valence-electron chi connectivity index (χ1n) is 5.30. The average Bonchev–Trinajstić information content (AvgIpc) is 2.30. The second kappa shape index (κ2) is 5.37. The van der Waals surface area contributed by atoms with Crippen LogP contribution in [-0.4, -0.2) is 15.8 Å². The average molecular weight is 263 g/mol. The van der Waals surface area contributed by atoms with Crippen LogP contribution in [0.5, 0.6) is 0 Å². The molecule has 2 N–H and O–H groups in total. The number of aliphatic hydroxyl groups excluding tert-OH is 1. The summed E-state index contributed by atoms with van der Waals surface area (Å²) in [6.45, 7) is 3.65. The molecular formula is C12H16Cl2O2. The molecule has 0 bridgehead atoms. The Labute approximate surface area is 106 Å². The summed E-state index contributed by atoms with van der Waals surface area (Å²) >= 11 is 11.8. The van der Waals surface area contributed by atoms with Gasteiger partial charge in [-0.1, -0.05) is 37.0 Å². The van der Waals surface area contributed by atoms with E-state index in [1.807, 2.05) is 13.8 Å². The fourth-order valence-corrected chi connectivity index (χ4v) is 2.05. The molecule has 0 fully saturated rings. The van der Waals surface area contributed by atoms with Crippen LogP contribution in [0, 0.1) is 0 Å². The van der Waals surface area contributed by atoms with Gasteiger partial charge < -0.3 is 10.2 Å². The van der Waals surface area contributed by atoms with Crippen LogP contribution in [0.2, 0.25) is 10.0 Å². The molecule has 90 valence electrons. The van der Waals surface area contributed by atoms with Gasteiger partial charge >= 0.3 is 0 Å². The smallest absolute Gasteiger partial charge is 0.109 e. The molecule has 0 aromatic heterocycles. The number of aliphatic hydroxyl groups is 2. The van der Waals surface area contributed by atoms with E-state index in [0.717, 1.165) is 0 Å². The summed E-state index contributed by atoms with van der Waals surface area (Å²) in [5, 5.41) is 21.3. The molecule has 16 heavy (non-hydrogen) atoms. The highest BCUT2D eigenvalue weighted by atomic mass is 35.5. The Morgan fingerprint density at radius 2 is 1.81 bits per heavy atom. The second-order valence-electron chi connectivity index (χ2n) is 3.88. The predicted octanol–water partition coefficient (Wildman–Crippen LogP) is 3.58. The van der Waals surface area contributed by atoms with Gasteiger partial charge in [0.1, 0.15) is 6.10 Å². The van der Waals surface area contributed by atoms with E-state index in [0.29, 0.717) is 28.5 Å². The van der Waals surface area contributed by atoms with Crippen LogP contribution in [0.4, 0.5) is 0 Å². The fourth-order valence-electron chi connectivity index (χ4n) is 1.65. The number of hydrogen-bond acceptors (Lipinski definition) is 2. The van der Waals surface area contributed by atoms with Gasteiger partial charge in [-0.05, 0) is 31.0 Å². The Balaban J connectivity index is 3.12. The predicted molar refractivity (Wildman–Crippen MR) is 67.0 cm³/mol. The van der Waals surface area contributed by atoms with Crippen molar-refractivity contribution in [3.8, 4) is 0 Å². The van der Waals surface area contributed by atoms with Crippen molar-refractivity contribution in [1.82, 2.24) is 0 Å². The number of benzene rings is 1.